The zero-order valence-electron chi connectivity index (χ0n) is 15.8. The van der Waals surface area contributed by atoms with Crippen LogP contribution in [0, 0.1) is 0 Å². The summed E-state index contributed by atoms with van der Waals surface area (Å²) in [5.41, 5.74) is 0.936. The number of ether oxygens (including phenoxy) is 3. The summed E-state index contributed by atoms with van der Waals surface area (Å²) in [5, 5.41) is 9.84. The van der Waals surface area contributed by atoms with Crippen molar-refractivity contribution >= 4 is 22.8 Å². The molecule has 0 fully saturated rings. The topological polar surface area (TPSA) is 93.7 Å². The van der Waals surface area contributed by atoms with E-state index in [1.165, 1.54) is 0 Å². The van der Waals surface area contributed by atoms with Crippen LogP contribution in [0.25, 0.3) is 10.9 Å². The van der Waals surface area contributed by atoms with Crippen LogP contribution >= 0.6 is 0 Å². The molecule has 150 valence electrons. The summed E-state index contributed by atoms with van der Waals surface area (Å²) < 4.78 is 16.2. The second-order valence-corrected chi connectivity index (χ2v) is 6.36. The summed E-state index contributed by atoms with van der Waals surface area (Å²) in [7, 11) is 0. The zero-order valence-corrected chi connectivity index (χ0v) is 15.8. The first-order valence-electron chi connectivity index (χ1n) is 9.42. The monoisotopic (exact) mass is 394 g/mol. The number of rotatable bonds is 8. The second-order valence-electron chi connectivity index (χ2n) is 6.36. The van der Waals surface area contributed by atoms with Crippen molar-refractivity contribution in [2.75, 3.05) is 38.4 Å². The molecule has 8 nitrogen and oxygen atoms in total. The van der Waals surface area contributed by atoms with Crippen molar-refractivity contribution in [2.24, 2.45) is 0 Å². The maximum absolute atomic E-state index is 11.8. The van der Waals surface area contributed by atoms with Gasteiger partial charge in [0.15, 0.2) is 11.5 Å². The molecule has 8 heteroatoms. The Morgan fingerprint density at radius 3 is 2.79 bits per heavy atom. The number of para-hydroxylation sites is 1. The number of nitrogens with zero attached hydrogens (tertiary/aromatic N) is 1. The second kappa shape index (κ2) is 9.01. The van der Waals surface area contributed by atoms with Crippen LogP contribution in [-0.4, -0.2) is 44.0 Å². The number of nitrogens with one attached hydrogen (secondary N) is 3. The highest BCUT2D eigenvalue weighted by Crippen LogP contribution is 2.34. The minimum absolute atomic E-state index is 0.228. The highest BCUT2D eigenvalue weighted by molar-refractivity contribution is 5.80. The van der Waals surface area contributed by atoms with Crippen LogP contribution in [0.5, 0.6) is 17.2 Å². The van der Waals surface area contributed by atoms with Crippen LogP contribution in [0.2, 0.25) is 0 Å². The Morgan fingerprint density at radius 1 is 0.966 bits per heavy atom. The minimum Gasteiger partial charge on any atom is -0.492 e. The molecule has 0 bridgehead atoms. The normalized spacial score (nSPS) is 11.9. The number of hydrogen-bond donors (Lipinski definition) is 3. The molecular weight excluding hydrogens is 372 g/mol. The first kappa shape index (κ1) is 18.7. The van der Waals surface area contributed by atoms with Crippen LogP contribution in [0.4, 0.5) is 10.6 Å². The minimum atomic E-state index is -0.243. The van der Waals surface area contributed by atoms with Gasteiger partial charge in [0.2, 0.25) is 6.79 Å². The van der Waals surface area contributed by atoms with Gasteiger partial charge in [-0.15, -0.1) is 0 Å². The van der Waals surface area contributed by atoms with Gasteiger partial charge >= 0.3 is 6.03 Å². The van der Waals surface area contributed by atoms with Gasteiger partial charge in [-0.3, -0.25) is 0 Å². The van der Waals surface area contributed by atoms with E-state index in [1.807, 2.05) is 36.4 Å². The molecular formula is C21H22N4O4. The molecule has 0 atom stereocenters. The summed E-state index contributed by atoms with van der Waals surface area (Å²) in [4.78, 5) is 16.4. The smallest absolute Gasteiger partial charge is 0.314 e. The summed E-state index contributed by atoms with van der Waals surface area (Å²) >= 11 is 0. The van der Waals surface area contributed by atoms with Crippen molar-refractivity contribution in [1.29, 1.82) is 0 Å². The van der Waals surface area contributed by atoms with E-state index in [0.29, 0.717) is 43.5 Å². The molecule has 0 aliphatic carbocycles. The molecule has 0 unspecified atom stereocenters. The molecule has 1 aliphatic rings. The number of fused-ring (bicyclic) bond motifs is 2. The number of anilines is 1. The van der Waals surface area contributed by atoms with Crippen molar-refractivity contribution in [3.63, 3.8) is 0 Å². The molecule has 0 saturated heterocycles. The lowest BCUT2D eigenvalue weighted by atomic mass is 10.2. The predicted molar refractivity (Wildman–Crippen MR) is 110 cm³/mol. The standard InChI is InChI=1S/C21H22N4O4/c26-21(24-11-12-27-16-6-7-18-19(13-16)29-14-28-18)23-10-9-22-20-8-5-15-3-1-2-4-17(15)25-20/h1-8,13H,9-12,14H2,(H,22,25)(H2,23,24,26). The lowest BCUT2D eigenvalue weighted by Crippen LogP contribution is -2.39. The highest BCUT2D eigenvalue weighted by Gasteiger charge is 2.13. The average Bonchev–Trinajstić information content (AvgIpc) is 3.22. The van der Waals surface area contributed by atoms with Crippen molar-refractivity contribution in [2.45, 2.75) is 0 Å². The fourth-order valence-electron chi connectivity index (χ4n) is 2.89. The third-order valence-corrected chi connectivity index (χ3v) is 4.32. The average molecular weight is 394 g/mol. The largest absolute Gasteiger partial charge is 0.492 e. The number of urea groups is 1. The maximum Gasteiger partial charge on any atom is 0.314 e. The number of hydrogen-bond acceptors (Lipinski definition) is 6. The van der Waals surface area contributed by atoms with Crippen LogP contribution in [0.3, 0.4) is 0 Å². The third kappa shape index (κ3) is 4.98. The fraction of sp³-hybridized carbons (Fsp3) is 0.238. The van der Waals surface area contributed by atoms with E-state index in [9.17, 15) is 4.79 Å². The van der Waals surface area contributed by atoms with Gasteiger partial charge in [0, 0.05) is 24.5 Å². The quantitative estimate of drug-likeness (QED) is 0.509. The number of carbonyl (C=O) groups is 1. The highest BCUT2D eigenvalue weighted by atomic mass is 16.7. The first-order valence-corrected chi connectivity index (χ1v) is 9.42. The molecule has 0 saturated carbocycles. The Balaban J connectivity index is 1.10. The van der Waals surface area contributed by atoms with Crippen LogP contribution < -0.4 is 30.2 Å². The van der Waals surface area contributed by atoms with Crippen molar-refractivity contribution in [3.05, 3.63) is 54.6 Å². The van der Waals surface area contributed by atoms with Gasteiger partial charge in [-0.05, 0) is 30.3 Å². The number of amides is 2. The molecule has 0 radical (unpaired) electrons. The Kier molecular flexibility index (Phi) is 5.80. The molecule has 2 aromatic carbocycles. The van der Waals surface area contributed by atoms with E-state index in [4.69, 9.17) is 14.2 Å². The Bertz CT molecular complexity index is 995. The molecule has 1 aromatic heterocycles. The molecule has 3 aromatic rings. The van der Waals surface area contributed by atoms with Crippen LogP contribution in [-0.2, 0) is 0 Å². The SMILES string of the molecule is O=C(NCCNc1ccc2ccccc2n1)NCCOc1ccc2c(c1)OCO2. The molecule has 3 N–H and O–H groups in total. The Morgan fingerprint density at radius 2 is 1.83 bits per heavy atom. The maximum atomic E-state index is 11.8. The number of pyridine rings is 1. The van der Waals surface area contributed by atoms with Gasteiger partial charge in [0.05, 0.1) is 12.1 Å². The summed E-state index contributed by atoms with van der Waals surface area (Å²) in [6, 6.07) is 17.0. The van der Waals surface area contributed by atoms with Gasteiger partial charge in [0.1, 0.15) is 18.2 Å². The summed E-state index contributed by atoms with van der Waals surface area (Å²) in [5.74, 6) is 2.83. The number of carbonyl (C=O) groups excluding carboxylic acids is 1. The molecule has 4 rings (SSSR count). The number of aromatic nitrogens is 1. The summed E-state index contributed by atoms with van der Waals surface area (Å²) in [6.07, 6.45) is 0. The van der Waals surface area contributed by atoms with Gasteiger partial charge < -0.3 is 30.2 Å². The van der Waals surface area contributed by atoms with Gasteiger partial charge in [-0.2, -0.15) is 0 Å². The molecule has 1 aliphatic heterocycles. The van der Waals surface area contributed by atoms with Gasteiger partial charge in [-0.1, -0.05) is 18.2 Å². The lowest BCUT2D eigenvalue weighted by Gasteiger charge is -2.10. The Labute approximate surface area is 168 Å². The first-order chi connectivity index (χ1) is 14.3. The van der Waals surface area contributed by atoms with Crippen LogP contribution in [0.1, 0.15) is 0 Å². The number of benzene rings is 2. The molecule has 0 spiro atoms. The van der Waals surface area contributed by atoms with E-state index in [0.717, 1.165) is 16.7 Å². The van der Waals surface area contributed by atoms with Crippen molar-refractivity contribution < 1.29 is 19.0 Å². The molecule has 29 heavy (non-hydrogen) atoms. The third-order valence-electron chi connectivity index (χ3n) is 4.32. The van der Waals surface area contributed by atoms with Crippen LogP contribution in [0.15, 0.2) is 54.6 Å². The van der Waals surface area contributed by atoms with Gasteiger partial charge in [0.25, 0.3) is 0 Å². The zero-order chi connectivity index (χ0) is 19.9. The lowest BCUT2D eigenvalue weighted by molar-refractivity contribution is 0.173. The summed E-state index contributed by atoms with van der Waals surface area (Å²) in [6.45, 7) is 2.02. The van der Waals surface area contributed by atoms with Gasteiger partial charge in [-0.25, -0.2) is 9.78 Å². The van der Waals surface area contributed by atoms with Crippen molar-refractivity contribution in [3.8, 4) is 17.2 Å². The predicted octanol–water partition coefficient (Wildman–Crippen LogP) is 2.75. The van der Waals surface area contributed by atoms with E-state index in [2.05, 4.69) is 20.9 Å². The van der Waals surface area contributed by atoms with E-state index < -0.39 is 0 Å². The van der Waals surface area contributed by atoms with E-state index >= 15 is 0 Å². The van der Waals surface area contributed by atoms with E-state index in [-0.39, 0.29) is 12.8 Å². The van der Waals surface area contributed by atoms with Crippen molar-refractivity contribution in [1.82, 2.24) is 15.6 Å². The molecule has 2 heterocycles. The van der Waals surface area contributed by atoms with E-state index in [1.54, 1.807) is 18.2 Å². The molecule has 2 amide bonds. The Hall–Kier alpha value is -3.68. The fourth-order valence-corrected chi connectivity index (χ4v) is 2.89.